The van der Waals surface area contributed by atoms with Crippen molar-refractivity contribution in [3.63, 3.8) is 0 Å². The number of aromatic nitrogens is 2. The van der Waals surface area contributed by atoms with Crippen LogP contribution < -0.4 is 4.90 Å². The summed E-state index contributed by atoms with van der Waals surface area (Å²) in [5, 5.41) is 0.783. The lowest BCUT2D eigenvalue weighted by Gasteiger charge is -2.28. The van der Waals surface area contributed by atoms with Gasteiger partial charge in [0.15, 0.2) is 9.84 Å². The summed E-state index contributed by atoms with van der Waals surface area (Å²) >= 11 is 0. The smallest absolute Gasteiger partial charge is 0.245 e. The van der Waals surface area contributed by atoms with Gasteiger partial charge in [0, 0.05) is 37.2 Å². The monoisotopic (exact) mass is 482 g/mol. The lowest BCUT2D eigenvalue weighted by Crippen LogP contribution is -2.45. The standard InChI is InChI=1S/C25H27FN4O3S/c1-16-19-10-9-18(34(2,32)33)14-22(19)28-25(27-16)30-12-5-8-23(30)24(31)29-13-11-17(15-29)20-6-3-4-7-21(20)26/h3-4,6-7,9-10,14,17,23H,5,8,11-13,15H2,1-2H3. The first-order valence-corrected chi connectivity index (χ1v) is 13.4. The predicted octanol–water partition coefficient (Wildman–Crippen LogP) is 3.47. The van der Waals surface area contributed by atoms with Crippen LogP contribution in [-0.4, -0.2) is 61.1 Å². The van der Waals surface area contributed by atoms with Crippen molar-refractivity contribution in [2.24, 2.45) is 0 Å². The molecule has 3 aromatic rings. The minimum absolute atomic E-state index is 0.00594. The number of rotatable bonds is 4. The van der Waals surface area contributed by atoms with Crippen molar-refractivity contribution < 1.29 is 17.6 Å². The SMILES string of the molecule is Cc1nc(N2CCCC2C(=O)N2CCC(c3ccccc3F)C2)nc2cc(S(C)(=O)=O)ccc12. The minimum Gasteiger partial charge on any atom is -0.340 e. The van der Waals surface area contributed by atoms with Gasteiger partial charge in [-0.3, -0.25) is 4.79 Å². The number of hydrogen-bond donors (Lipinski definition) is 0. The number of halogens is 1. The van der Waals surface area contributed by atoms with E-state index in [1.165, 1.54) is 12.3 Å². The van der Waals surface area contributed by atoms with Crippen LogP contribution in [0.4, 0.5) is 10.3 Å². The van der Waals surface area contributed by atoms with Gasteiger partial charge in [0.25, 0.3) is 0 Å². The third-order valence-corrected chi connectivity index (χ3v) is 8.03. The molecule has 2 unspecified atom stereocenters. The number of amides is 1. The molecule has 0 bridgehead atoms. The Balaban J connectivity index is 1.40. The molecule has 0 N–H and O–H groups in total. The van der Waals surface area contributed by atoms with E-state index in [9.17, 15) is 17.6 Å². The molecule has 1 amide bonds. The highest BCUT2D eigenvalue weighted by atomic mass is 32.2. The molecule has 0 saturated carbocycles. The Bertz CT molecular complexity index is 1380. The maximum atomic E-state index is 14.3. The Hall–Kier alpha value is -3.07. The fourth-order valence-corrected chi connectivity index (χ4v) is 5.75. The summed E-state index contributed by atoms with van der Waals surface area (Å²) in [6, 6.07) is 11.2. The summed E-state index contributed by atoms with van der Waals surface area (Å²) in [7, 11) is -3.37. The lowest BCUT2D eigenvalue weighted by atomic mass is 9.98. The molecular formula is C25H27FN4O3S. The van der Waals surface area contributed by atoms with Crippen LogP contribution in [0.3, 0.4) is 0 Å². The van der Waals surface area contributed by atoms with Gasteiger partial charge in [0.2, 0.25) is 11.9 Å². The number of hydrogen-bond acceptors (Lipinski definition) is 6. The van der Waals surface area contributed by atoms with E-state index in [1.54, 1.807) is 30.3 Å². The maximum absolute atomic E-state index is 14.3. The molecule has 178 valence electrons. The summed E-state index contributed by atoms with van der Waals surface area (Å²) < 4.78 is 38.3. The van der Waals surface area contributed by atoms with Crippen LogP contribution in [0.5, 0.6) is 0 Å². The Morgan fingerprint density at radius 3 is 2.65 bits per heavy atom. The first kappa shape index (κ1) is 22.7. The number of carbonyl (C=O) groups excluding carboxylic acids is 1. The summed E-state index contributed by atoms with van der Waals surface area (Å²) in [5.74, 6) is 0.227. The van der Waals surface area contributed by atoms with Crippen LogP contribution in [0.1, 0.15) is 36.4 Å². The summed E-state index contributed by atoms with van der Waals surface area (Å²) in [6.45, 7) is 3.61. The Labute approximate surface area is 198 Å². The molecule has 5 rings (SSSR count). The van der Waals surface area contributed by atoms with Gasteiger partial charge in [-0.1, -0.05) is 18.2 Å². The number of nitrogens with zero attached hydrogens (tertiary/aromatic N) is 4. The number of anilines is 1. The molecule has 2 aromatic carbocycles. The fraction of sp³-hybridized carbons (Fsp3) is 0.400. The van der Waals surface area contributed by atoms with Gasteiger partial charge in [-0.05, 0) is 56.0 Å². The highest BCUT2D eigenvalue weighted by Gasteiger charge is 2.38. The first-order valence-electron chi connectivity index (χ1n) is 11.5. The van der Waals surface area contributed by atoms with Gasteiger partial charge in [-0.2, -0.15) is 0 Å². The number of benzene rings is 2. The number of aryl methyl sites for hydroxylation is 1. The van der Waals surface area contributed by atoms with E-state index in [0.717, 1.165) is 23.9 Å². The van der Waals surface area contributed by atoms with E-state index in [-0.39, 0.29) is 28.6 Å². The normalized spacial score (nSPS) is 20.9. The van der Waals surface area contributed by atoms with Gasteiger partial charge < -0.3 is 9.80 Å². The zero-order valence-electron chi connectivity index (χ0n) is 19.2. The fourth-order valence-electron chi connectivity index (χ4n) is 5.11. The highest BCUT2D eigenvalue weighted by Crippen LogP contribution is 2.32. The quantitative estimate of drug-likeness (QED) is 0.566. The van der Waals surface area contributed by atoms with Gasteiger partial charge in [0.1, 0.15) is 11.9 Å². The molecule has 2 aliphatic heterocycles. The molecule has 2 saturated heterocycles. The second-order valence-corrected chi connectivity index (χ2v) is 11.2. The largest absolute Gasteiger partial charge is 0.340 e. The topological polar surface area (TPSA) is 83.5 Å². The summed E-state index contributed by atoms with van der Waals surface area (Å²) in [6.07, 6.45) is 3.44. The Morgan fingerprint density at radius 2 is 1.88 bits per heavy atom. The van der Waals surface area contributed by atoms with Crippen molar-refractivity contribution in [1.29, 1.82) is 0 Å². The Morgan fingerprint density at radius 1 is 1.09 bits per heavy atom. The van der Waals surface area contributed by atoms with Crippen LogP contribution in [0.25, 0.3) is 10.9 Å². The van der Waals surface area contributed by atoms with Crippen molar-refractivity contribution in [2.45, 2.75) is 43.0 Å². The molecule has 9 heteroatoms. The molecule has 3 heterocycles. The van der Waals surface area contributed by atoms with Gasteiger partial charge in [-0.15, -0.1) is 0 Å². The number of sulfone groups is 1. The molecule has 0 aliphatic carbocycles. The van der Waals surface area contributed by atoms with Crippen LogP contribution in [-0.2, 0) is 14.6 Å². The van der Waals surface area contributed by atoms with Crippen molar-refractivity contribution in [3.05, 3.63) is 59.5 Å². The third kappa shape index (κ3) is 4.13. The second-order valence-electron chi connectivity index (χ2n) is 9.20. The van der Waals surface area contributed by atoms with Crippen LogP contribution in [0.2, 0.25) is 0 Å². The predicted molar refractivity (Wildman–Crippen MR) is 128 cm³/mol. The van der Waals surface area contributed by atoms with E-state index in [4.69, 9.17) is 0 Å². The third-order valence-electron chi connectivity index (χ3n) is 6.92. The van der Waals surface area contributed by atoms with Gasteiger partial charge >= 0.3 is 0 Å². The molecule has 2 atom stereocenters. The van der Waals surface area contributed by atoms with Crippen LogP contribution in [0, 0.1) is 12.7 Å². The molecule has 7 nitrogen and oxygen atoms in total. The van der Waals surface area contributed by atoms with E-state index in [2.05, 4.69) is 9.97 Å². The maximum Gasteiger partial charge on any atom is 0.245 e. The van der Waals surface area contributed by atoms with Crippen molar-refractivity contribution >= 4 is 32.6 Å². The Kier molecular flexibility index (Phi) is 5.75. The highest BCUT2D eigenvalue weighted by molar-refractivity contribution is 7.90. The van der Waals surface area contributed by atoms with Crippen molar-refractivity contribution in [1.82, 2.24) is 14.9 Å². The van der Waals surface area contributed by atoms with Crippen LogP contribution in [0.15, 0.2) is 47.4 Å². The van der Waals surface area contributed by atoms with Crippen molar-refractivity contribution in [2.75, 3.05) is 30.8 Å². The van der Waals surface area contributed by atoms with E-state index in [0.29, 0.717) is 43.1 Å². The van der Waals surface area contributed by atoms with E-state index >= 15 is 0 Å². The zero-order chi connectivity index (χ0) is 24.0. The average molecular weight is 483 g/mol. The summed E-state index contributed by atoms with van der Waals surface area (Å²) in [4.78, 5) is 26.8. The lowest BCUT2D eigenvalue weighted by molar-refractivity contribution is -0.131. The van der Waals surface area contributed by atoms with Gasteiger partial charge in [-0.25, -0.2) is 22.8 Å². The van der Waals surface area contributed by atoms with Gasteiger partial charge in [0.05, 0.1) is 16.1 Å². The number of carbonyl (C=O) groups is 1. The molecular weight excluding hydrogens is 455 g/mol. The molecule has 2 fully saturated rings. The van der Waals surface area contributed by atoms with Crippen molar-refractivity contribution in [3.8, 4) is 0 Å². The minimum atomic E-state index is -3.37. The average Bonchev–Trinajstić information content (AvgIpc) is 3.48. The molecule has 0 radical (unpaired) electrons. The van der Waals surface area contributed by atoms with Crippen LogP contribution >= 0.6 is 0 Å². The molecule has 34 heavy (non-hydrogen) atoms. The summed E-state index contributed by atoms with van der Waals surface area (Å²) in [5.41, 5.74) is 1.94. The molecule has 2 aliphatic rings. The number of fused-ring (bicyclic) bond motifs is 1. The molecule has 0 spiro atoms. The molecule has 1 aromatic heterocycles. The zero-order valence-corrected chi connectivity index (χ0v) is 20.1. The second kappa shape index (κ2) is 8.61. The first-order chi connectivity index (χ1) is 16.2. The number of likely N-dealkylation sites (tertiary alicyclic amines) is 1. The van der Waals surface area contributed by atoms with E-state index < -0.39 is 9.84 Å². The van der Waals surface area contributed by atoms with E-state index in [1.807, 2.05) is 22.8 Å².